The van der Waals surface area contributed by atoms with Crippen molar-refractivity contribution >= 4 is 28.7 Å². The van der Waals surface area contributed by atoms with Gasteiger partial charge in [0, 0.05) is 5.69 Å². The summed E-state index contributed by atoms with van der Waals surface area (Å²) >= 11 is 6.42. The Morgan fingerprint density at radius 2 is 1.97 bits per heavy atom. The van der Waals surface area contributed by atoms with Crippen molar-refractivity contribution in [3.05, 3.63) is 57.7 Å². The average Bonchev–Trinajstić information content (AvgIpc) is 3.55. The van der Waals surface area contributed by atoms with Crippen molar-refractivity contribution in [3.63, 3.8) is 0 Å². The third kappa shape index (κ3) is 4.37. The molecule has 0 bridgehead atoms. The lowest BCUT2D eigenvalue weighted by atomic mass is 10.0. The van der Waals surface area contributed by atoms with E-state index >= 15 is 0 Å². The predicted octanol–water partition coefficient (Wildman–Crippen LogP) is 4.45. The molecule has 3 heterocycles. The Morgan fingerprint density at radius 3 is 2.64 bits per heavy atom. The summed E-state index contributed by atoms with van der Waals surface area (Å²) in [7, 11) is 0. The summed E-state index contributed by atoms with van der Waals surface area (Å²) in [5, 5.41) is 0.820. The summed E-state index contributed by atoms with van der Waals surface area (Å²) in [4.78, 5) is 33.8. The number of amides is 1. The van der Waals surface area contributed by atoms with Gasteiger partial charge in [0.15, 0.2) is 5.65 Å². The van der Waals surface area contributed by atoms with E-state index in [9.17, 15) is 9.59 Å². The number of nitrogens with one attached hydrogen (secondary N) is 1. The topological polar surface area (TPSA) is 89.5 Å². The van der Waals surface area contributed by atoms with E-state index in [-0.39, 0.29) is 23.8 Å². The summed E-state index contributed by atoms with van der Waals surface area (Å²) in [6, 6.07) is 9.07. The predicted molar refractivity (Wildman–Crippen MR) is 125 cm³/mol. The number of H-pyrrole nitrogens is 1. The first kappa shape index (κ1) is 22.0. The summed E-state index contributed by atoms with van der Waals surface area (Å²) < 4.78 is 13.6. The van der Waals surface area contributed by atoms with Gasteiger partial charge in [-0.1, -0.05) is 23.7 Å². The summed E-state index contributed by atoms with van der Waals surface area (Å²) in [5.41, 5.74) is 1.39. The Hall–Kier alpha value is -2.84. The second-order valence-corrected chi connectivity index (χ2v) is 10.1. The normalized spacial score (nSPS) is 21.4. The van der Waals surface area contributed by atoms with E-state index in [1.807, 2.05) is 45.0 Å². The number of hydrogen-bond acceptors (Lipinski definition) is 5. The highest BCUT2D eigenvalue weighted by Gasteiger charge is 2.41. The average molecular weight is 471 g/mol. The maximum Gasteiger partial charge on any atom is 0.410 e. The molecule has 0 radical (unpaired) electrons. The van der Waals surface area contributed by atoms with Crippen molar-refractivity contribution in [1.82, 2.24) is 19.4 Å². The van der Waals surface area contributed by atoms with Crippen LogP contribution in [0, 0.1) is 5.92 Å². The molecule has 1 saturated heterocycles. The van der Waals surface area contributed by atoms with E-state index in [4.69, 9.17) is 21.1 Å². The van der Waals surface area contributed by atoms with Gasteiger partial charge in [0.05, 0.1) is 37.0 Å². The van der Waals surface area contributed by atoms with Gasteiger partial charge in [0.25, 0.3) is 5.56 Å². The molecule has 174 valence electrons. The van der Waals surface area contributed by atoms with Crippen LogP contribution in [-0.2, 0) is 9.47 Å². The molecule has 33 heavy (non-hydrogen) atoms. The molecule has 9 heteroatoms. The third-order valence-electron chi connectivity index (χ3n) is 6.09. The SMILES string of the molecule is CC(C)(C)OC(=O)N1C[C@@H](C2CC2)OC[C@@H]1c1ccc(-n2c(Cl)cc3c(=O)[nH]cnc32)cc1. The van der Waals surface area contributed by atoms with E-state index in [1.54, 1.807) is 15.5 Å². The maximum atomic E-state index is 13.0. The van der Waals surface area contributed by atoms with Crippen LogP contribution in [0.15, 0.2) is 41.5 Å². The van der Waals surface area contributed by atoms with Gasteiger partial charge in [0.2, 0.25) is 0 Å². The molecular weight excluding hydrogens is 444 g/mol. The number of benzene rings is 1. The van der Waals surface area contributed by atoms with E-state index in [1.165, 1.54) is 6.33 Å². The minimum absolute atomic E-state index is 0.0576. The molecule has 1 amide bonds. The zero-order valence-corrected chi connectivity index (χ0v) is 19.6. The Morgan fingerprint density at radius 1 is 1.24 bits per heavy atom. The maximum absolute atomic E-state index is 13.0. The quantitative estimate of drug-likeness (QED) is 0.610. The molecule has 3 aromatic rings. The minimum Gasteiger partial charge on any atom is -0.444 e. The van der Waals surface area contributed by atoms with Crippen molar-refractivity contribution in [2.75, 3.05) is 13.2 Å². The van der Waals surface area contributed by atoms with E-state index in [0.29, 0.717) is 35.3 Å². The smallest absolute Gasteiger partial charge is 0.410 e. The monoisotopic (exact) mass is 470 g/mol. The zero-order chi connectivity index (χ0) is 23.3. The first-order valence-corrected chi connectivity index (χ1v) is 11.6. The van der Waals surface area contributed by atoms with Crippen molar-refractivity contribution in [3.8, 4) is 5.69 Å². The van der Waals surface area contributed by atoms with E-state index in [0.717, 1.165) is 24.1 Å². The van der Waals surface area contributed by atoms with Gasteiger partial charge in [-0.2, -0.15) is 0 Å². The van der Waals surface area contributed by atoms with Crippen LogP contribution in [0.25, 0.3) is 16.7 Å². The minimum atomic E-state index is -0.573. The lowest BCUT2D eigenvalue weighted by Gasteiger charge is -2.40. The largest absolute Gasteiger partial charge is 0.444 e. The fraction of sp³-hybridized carbons (Fsp3) is 0.458. The van der Waals surface area contributed by atoms with Crippen LogP contribution in [-0.4, -0.2) is 50.4 Å². The summed E-state index contributed by atoms with van der Waals surface area (Å²) in [6.45, 7) is 6.56. The molecule has 1 aromatic carbocycles. The fourth-order valence-electron chi connectivity index (χ4n) is 4.32. The fourth-order valence-corrected chi connectivity index (χ4v) is 4.60. The van der Waals surface area contributed by atoms with Gasteiger partial charge in [-0.15, -0.1) is 0 Å². The number of nitrogens with zero attached hydrogens (tertiary/aromatic N) is 3. The Bertz CT molecular complexity index is 1240. The van der Waals surface area contributed by atoms with Crippen molar-refractivity contribution in [1.29, 1.82) is 0 Å². The molecule has 0 unspecified atom stereocenters. The van der Waals surface area contributed by atoms with Crippen LogP contribution in [0.2, 0.25) is 5.15 Å². The van der Waals surface area contributed by atoms with Crippen molar-refractivity contribution in [2.24, 2.45) is 5.92 Å². The number of carbonyl (C=O) groups is 1. The summed E-state index contributed by atoms with van der Waals surface area (Å²) in [6.07, 6.45) is 3.39. The van der Waals surface area contributed by atoms with Gasteiger partial charge in [0.1, 0.15) is 10.8 Å². The molecule has 1 N–H and O–H groups in total. The molecule has 1 aliphatic carbocycles. The van der Waals surface area contributed by atoms with E-state index in [2.05, 4.69) is 9.97 Å². The van der Waals surface area contributed by atoms with Crippen LogP contribution >= 0.6 is 11.6 Å². The second kappa shape index (κ2) is 8.18. The van der Waals surface area contributed by atoms with Crippen LogP contribution in [0.4, 0.5) is 4.79 Å². The van der Waals surface area contributed by atoms with Crippen molar-refractivity contribution in [2.45, 2.75) is 51.4 Å². The lowest BCUT2D eigenvalue weighted by Crippen LogP contribution is -2.49. The molecular formula is C24H27ClN4O4. The van der Waals surface area contributed by atoms with Gasteiger partial charge in [-0.05, 0) is 63.3 Å². The number of ether oxygens (including phenoxy) is 2. The number of carbonyl (C=O) groups excluding carboxylic acids is 1. The second-order valence-electron chi connectivity index (χ2n) is 9.72. The number of rotatable bonds is 3. The number of morpholine rings is 1. The first-order chi connectivity index (χ1) is 15.7. The van der Waals surface area contributed by atoms with Crippen LogP contribution < -0.4 is 5.56 Å². The molecule has 5 rings (SSSR count). The number of aromatic amines is 1. The van der Waals surface area contributed by atoms with Crippen LogP contribution in [0.5, 0.6) is 0 Å². The highest BCUT2D eigenvalue weighted by atomic mass is 35.5. The molecule has 1 aliphatic heterocycles. The van der Waals surface area contributed by atoms with Crippen LogP contribution in [0.1, 0.15) is 45.2 Å². The van der Waals surface area contributed by atoms with Crippen LogP contribution in [0.3, 0.4) is 0 Å². The van der Waals surface area contributed by atoms with E-state index < -0.39 is 5.60 Å². The molecule has 2 aliphatic rings. The molecule has 2 fully saturated rings. The molecule has 2 atom stereocenters. The number of fused-ring (bicyclic) bond motifs is 1. The zero-order valence-electron chi connectivity index (χ0n) is 18.9. The van der Waals surface area contributed by atoms with Gasteiger partial charge < -0.3 is 14.5 Å². The standard InChI is InChI=1S/C24H27ClN4O4/c1-24(2,3)33-23(31)28-11-19(15-4-5-15)32-12-18(28)14-6-8-16(9-7-14)29-20(25)10-17-21(29)26-13-27-22(17)30/h6-10,13,15,18-19H,4-5,11-12H2,1-3H3,(H,26,27,30)/t18-,19+/m1/s1. The molecule has 2 aromatic heterocycles. The van der Waals surface area contributed by atoms with Crippen molar-refractivity contribution < 1.29 is 14.3 Å². The van der Waals surface area contributed by atoms with Gasteiger partial charge in [-0.25, -0.2) is 9.78 Å². The highest BCUT2D eigenvalue weighted by Crippen LogP contribution is 2.39. The Labute approximate surface area is 196 Å². The molecule has 1 saturated carbocycles. The Kier molecular flexibility index (Phi) is 5.45. The first-order valence-electron chi connectivity index (χ1n) is 11.2. The number of aromatic nitrogens is 3. The number of halogens is 1. The molecule has 8 nitrogen and oxygen atoms in total. The molecule has 0 spiro atoms. The van der Waals surface area contributed by atoms with Gasteiger partial charge in [-0.3, -0.25) is 14.3 Å². The third-order valence-corrected chi connectivity index (χ3v) is 6.37. The lowest BCUT2D eigenvalue weighted by molar-refractivity contribution is -0.0779. The number of hydrogen-bond donors (Lipinski definition) is 1. The summed E-state index contributed by atoms with van der Waals surface area (Å²) in [5.74, 6) is 0.526. The Balaban J connectivity index is 1.45. The highest BCUT2D eigenvalue weighted by molar-refractivity contribution is 6.31. The van der Waals surface area contributed by atoms with Gasteiger partial charge >= 0.3 is 6.09 Å².